The predicted octanol–water partition coefficient (Wildman–Crippen LogP) is 16.1. The van der Waals surface area contributed by atoms with Crippen LogP contribution < -0.4 is 0 Å². The molecule has 0 unspecified atom stereocenters. The van der Waals surface area contributed by atoms with Gasteiger partial charge in [0, 0.05) is 38.4 Å². The Morgan fingerprint density at radius 1 is 0.318 bits per heavy atom. The summed E-state index contributed by atoms with van der Waals surface area (Å²) in [5.41, 5.74) is 9.72. The highest BCUT2D eigenvalue weighted by Gasteiger charge is 2.23. The van der Waals surface area contributed by atoms with E-state index in [1.165, 1.54) is 54.1 Å². The molecule has 0 amide bonds. The van der Waals surface area contributed by atoms with Gasteiger partial charge in [0.15, 0.2) is 17.5 Å². The van der Waals surface area contributed by atoms with Gasteiger partial charge in [-0.25, -0.2) is 15.0 Å². The number of rotatable bonds is 5. The molecule has 306 valence electrons. The number of furan rings is 1. The zero-order chi connectivity index (χ0) is 43.3. The summed E-state index contributed by atoms with van der Waals surface area (Å²) in [6.45, 7) is 0. The van der Waals surface area contributed by atoms with E-state index >= 15 is 0 Å². The highest BCUT2D eigenvalue weighted by Crippen LogP contribution is 2.44. The van der Waals surface area contributed by atoms with Crippen molar-refractivity contribution in [3.63, 3.8) is 0 Å². The SMILES string of the molecule is c1ccc(-c2nc(-c3ccccc3-c3ccc4ccccc4c3)nc(-c3cc4ccc(-n5c6cc7ccccc7cc6c6cc7ccccc7cc65)cc4c4c3oc3ccccc34)n2)cc1. The average Bonchev–Trinajstić information content (AvgIpc) is 3.92. The summed E-state index contributed by atoms with van der Waals surface area (Å²) < 4.78 is 9.36. The summed E-state index contributed by atoms with van der Waals surface area (Å²) >= 11 is 0. The second-order valence-corrected chi connectivity index (χ2v) is 17.2. The maximum atomic E-state index is 6.93. The first-order valence-corrected chi connectivity index (χ1v) is 22.3. The van der Waals surface area contributed by atoms with E-state index in [2.05, 4.69) is 193 Å². The summed E-state index contributed by atoms with van der Waals surface area (Å²) in [5, 5.41) is 13.9. The fourth-order valence-electron chi connectivity index (χ4n) is 10.2. The molecule has 0 aliphatic carbocycles. The Morgan fingerprint density at radius 3 is 1.58 bits per heavy atom. The minimum atomic E-state index is 0.545. The van der Waals surface area contributed by atoms with Crippen molar-refractivity contribution in [2.24, 2.45) is 0 Å². The van der Waals surface area contributed by atoms with Crippen LogP contribution in [0.2, 0.25) is 0 Å². The molecule has 66 heavy (non-hydrogen) atoms. The Balaban J connectivity index is 1.02. The second kappa shape index (κ2) is 14.3. The first kappa shape index (κ1) is 36.5. The first-order valence-electron chi connectivity index (χ1n) is 22.3. The zero-order valence-electron chi connectivity index (χ0n) is 35.5. The first-order chi connectivity index (χ1) is 32.7. The molecular formula is C61H36N4O. The molecule has 0 aliphatic heterocycles. The second-order valence-electron chi connectivity index (χ2n) is 17.2. The lowest BCUT2D eigenvalue weighted by atomic mass is 9.96. The molecule has 11 aromatic carbocycles. The molecule has 0 fully saturated rings. The topological polar surface area (TPSA) is 56.7 Å². The minimum absolute atomic E-state index is 0.545. The van der Waals surface area contributed by atoms with Crippen LogP contribution in [0.4, 0.5) is 0 Å². The Kier molecular flexibility index (Phi) is 7.91. The number of aromatic nitrogens is 4. The number of fused-ring (bicyclic) bond motifs is 11. The molecule has 0 N–H and O–H groups in total. The lowest BCUT2D eigenvalue weighted by Gasteiger charge is -2.14. The summed E-state index contributed by atoms with van der Waals surface area (Å²) in [6.07, 6.45) is 0. The van der Waals surface area contributed by atoms with E-state index in [9.17, 15) is 0 Å². The van der Waals surface area contributed by atoms with Gasteiger partial charge in [-0.05, 0) is 109 Å². The predicted molar refractivity (Wildman–Crippen MR) is 273 cm³/mol. The molecule has 0 radical (unpaired) electrons. The van der Waals surface area contributed by atoms with Crippen molar-refractivity contribution >= 4 is 86.8 Å². The van der Waals surface area contributed by atoms with Crippen LogP contribution in [0, 0.1) is 0 Å². The van der Waals surface area contributed by atoms with Gasteiger partial charge in [0.05, 0.1) is 16.6 Å². The normalized spacial score (nSPS) is 11.9. The zero-order valence-corrected chi connectivity index (χ0v) is 35.5. The Labute approximate surface area is 378 Å². The van der Waals surface area contributed by atoms with E-state index in [-0.39, 0.29) is 0 Å². The monoisotopic (exact) mass is 840 g/mol. The van der Waals surface area contributed by atoms with Gasteiger partial charge >= 0.3 is 0 Å². The molecule has 5 nitrogen and oxygen atoms in total. The molecule has 0 aliphatic rings. The van der Waals surface area contributed by atoms with Crippen molar-refractivity contribution in [2.75, 3.05) is 0 Å². The molecule has 3 heterocycles. The summed E-state index contributed by atoms with van der Waals surface area (Å²) in [4.78, 5) is 15.8. The van der Waals surface area contributed by atoms with Crippen molar-refractivity contribution in [1.29, 1.82) is 0 Å². The van der Waals surface area contributed by atoms with Gasteiger partial charge in [-0.2, -0.15) is 0 Å². The lowest BCUT2D eigenvalue weighted by Crippen LogP contribution is -2.01. The maximum Gasteiger partial charge on any atom is 0.167 e. The number of para-hydroxylation sites is 1. The summed E-state index contributed by atoms with van der Waals surface area (Å²) in [5.74, 6) is 1.73. The molecule has 0 atom stereocenters. The maximum absolute atomic E-state index is 6.93. The number of nitrogens with zero attached hydrogens (tertiary/aromatic N) is 4. The fourth-order valence-corrected chi connectivity index (χ4v) is 10.2. The van der Waals surface area contributed by atoms with Crippen molar-refractivity contribution in [1.82, 2.24) is 19.5 Å². The van der Waals surface area contributed by atoms with Crippen LogP contribution in [-0.2, 0) is 0 Å². The van der Waals surface area contributed by atoms with Gasteiger partial charge in [-0.3, -0.25) is 0 Å². The van der Waals surface area contributed by atoms with Crippen LogP contribution in [-0.4, -0.2) is 19.5 Å². The third kappa shape index (κ3) is 5.70. The molecule has 14 rings (SSSR count). The van der Waals surface area contributed by atoms with Crippen LogP contribution in [0.1, 0.15) is 0 Å². The molecule has 0 spiro atoms. The summed E-state index contributed by atoms with van der Waals surface area (Å²) in [7, 11) is 0. The molecule has 0 bridgehead atoms. The molecular weight excluding hydrogens is 805 g/mol. The van der Waals surface area contributed by atoms with E-state index in [1.807, 2.05) is 30.3 Å². The van der Waals surface area contributed by atoms with Crippen molar-refractivity contribution in [3.8, 4) is 51.0 Å². The molecule has 3 aromatic heterocycles. The van der Waals surface area contributed by atoms with Crippen molar-refractivity contribution in [3.05, 3.63) is 218 Å². The van der Waals surface area contributed by atoms with Crippen molar-refractivity contribution < 1.29 is 4.42 Å². The van der Waals surface area contributed by atoms with E-state index in [0.717, 1.165) is 66.2 Å². The van der Waals surface area contributed by atoms with Gasteiger partial charge < -0.3 is 8.98 Å². The van der Waals surface area contributed by atoms with Gasteiger partial charge in [0.1, 0.15) is 11.2 Å². The summed E-state index contributed by atoms with van der Waals surface area (Å²) in [6, 6.07) is 77.6. The quantitative estimate of drug-likeness (QED) is 0.173. The van der Waals surface area contributed by atoms with Crippen LogP contribution in [0.5, 0.6) is 0 Å². The highest BCUT2D eigenvalue weighted by atomic mass is 16.3. The largest absolute Gasteiger partial charge is 0.455 e. The highest BCUT2D eigenvalue weighted by molar-refractivity contribution is 6.23. The number of hydrogen-bond acceptors (Lipinski definition) is 4. The van der Waals surface area contributed by atoms with E-state index in [4.69, 9.17) is 19.4 Å². The molecule has 14 aromatic rings. The third-order valence-electron chi connectivity index (χ3n) is 13.3. The van der Waals surface area contributed by atoms with E-state index in [1.54, 1.807) is 0 Å². The van der Waals surface area contributed by atoms with E-state index < -0.39 is 0 Å². The Bertz CT molecular complexity index is 4200. The Morgan fingerprint density at radius 2 is 0.864 bits per heavy atom. The van der Waals surface area contributed by atoms with Gasteiger partial charge in [-0.1, -0.05) is 164 Å². The molecule has 5 heteroatoms. The van der Waals surface area contributed by atoms with Crippen LogP contribution in [0.15, 0.2) is 223 Å². The van der Waals surface area contributed by atoms with Crippen LogP contribution in [0.3, 0.4) is 0 Å². The third-order valence-corrected chi connectivity index (χ3v) is 13.3. The van der Waals surface area contributed by atoms with Gasteiger partial charge in [0.2, 0.25) is 0 Å². The molecule has 0 saturated heterocycles. The molecule has 0 saturated carbocycles. The number of hydrogen-bond donors (Lipinski definition) is 0. The smallest absolute Gasteiger partial charge is 0.167 e. The van der Waals surface area contributed by atoms with Gasteiger partial charge in [0.25, 0.3) is 0 Å². The fraction of sp³-hybridized carbons (Fsp3) is 0. The van der Waals surface area contributed by atoms with Gasteiger partial charge in [-0.15, -0.1) is 0 Å². The lowest BCUT2D eigenvalue weighted by molar-refractivity contribution is 0.670. The number of benzene rings is 11. The van der Waals surface area contributed by atoms with E-state index in [0.29, 0.717) is 17.5 Å². The minimum Gasteiger partial charge on any atom is -0.455 e. The van der Waals surface area contributed by atoms with Crippen LogP contribution >= 0.6 is 0 Å². The van der Waals surface area contributed by atoms with Crippen molar-refractivity contribution in [2.45, 2.75) is 0 Å². The standard InChI is InChI=1S/C61H36N4O/c1-2-15-38(16-3-1)59-62-60(48-23-11-10-22-47(48)44-27-26-37-14-4-5-17-39(37)30-44)64-61(63-59)53-33-45-28-29-46(36-50(45)57-49-24-12-13-25-56(49)66-58(53)57)65-54-34-42-20-8-6-18-40(42)31-51(54)52-32-41-19-7-9-21-43(41)35-55(52)65/h1-36H. The average molecular weight is 841 g/mol. The van der Waals surface area contributed by atoms with Crippen LogP contribution in [0.25, 0.3) is 138 Å². The Hall–Kier alpha value is -8.93.